The molecular formula is C15H33N. The minimum Gasteiger partial charge on any atom is -0.317 e. The van der Waals surface area contributed by atoms with Crippen molar-refractivity contribution in [3.8, 4) is 0 Å². The topological polar surface area (TPSA) is 12.0 Å². The van der Waals surface area contributed by atoms with Crippen LogP contribution in [-0.2, 0) is 0 Å². The molecule has 1 unspecified atom stereocenters. The molecule has 0 saturated carbocycles. The quantitative estimate of drug-likeness (QED) is 0.474. The first-order valence-corrected chi connectivity index (χ1v) is 7.52. The zero-order chi connectivity index (χ0) is 12.1. The van der Waals surface area contributed by atoms with E-state index in [1.54, 1.807) is 0 Å². The predicted octanol–water partition coefficient (Wildman–Crippen LogP) is 4.76. The molecule has 1 atom stereocenters. The highest BCUT2D eigenvalue weighted by Gasteiger charge is 1.97. The molecule has 0 bridgehead atoms. The van der Waals surface area contributed by atoms with Crippen LogP contribution in [0, 0.1) is 5.92 Å². The SMILES string of the molecule is CCCCCNCCCCCCC(C)CC. The molecule has 0 saturated heterocycles. The Hall–Kier alpha value is -0.0400. The van der Waals surface area contributed by atoms with Crippen molar-refractivity contribution < 1.29 is 0 Å². The standard InChI is InChI=1S/C15H33N/c1-4-6-10-13-16-14-11-8-7-9-12-15(3)5-2/h15-16H,4-14H2,1-3H3. The van der Waals surface area contributed by atoms with Crippen molar-refractivity contribution in [1.29, 1.82) is 0 Å². The molecule has 0 aromatic carbocycles. The molecule has 0 rings (SSSR count). The Kier molecular flexibility index (Phi) is 13.0. The van der Waals surface area contributed by atoms with Crippen LogP contribution in [0.25, 0.3) is 0 Å². The van der Waals surface area contributed by atoms with Crippen LogP contribution < -0.4 is 5.32 Å². The van der Waals surface area contributed by atoms with Crippen LogP contribution in [0.2, 0.25) is 0 Å². The van der Waals surface area contributed by atoms with Crippen LogP contribution in [0.3, 0.4) is 0 Å². The summed E-state index contributed by atoms with van der Waals surface area (Å²) in [7, 11) is 0. The van der Waals surface area contributed by atoms with Crippen LogP contribution in [0.5, 0.6) is 0 Å². The summed E-state index contributed by atoms with van der Waals surface area (Å²) in [5.74, 6) is 0.937. The van der Waals surface area contributed by atoms with Crippen LogP contribution in [-0.4, -0.2) is 13.1 Å². The van der Waals surface area contributed by atoms with Crippen molar-refractivity contribution in [1.82, 2.24) is 5.32 Å². The largest absolute Gasteiger partial charge is 0.317 e. The first kappa shape index (κ1) is 16.0. The summed E-state index contributed by atoms with van der Waals surface area (Å²) in [5.41, 5.74) is 0. The second kappa shape index (κ2) is 13.0. The van der Waals surface area contributed by atoms with Gasteiger partial charge in [-0.3, -0.25) is 0 Å². The van der Waals surface area contributed by atoms with Gasteiger partial charge < -0.3 is 5.32 Å². The number of unbranched alkanes of at least 4 members (excludes halogenated alkanes) is 5. The maximum absolute atomic E-state index is 3.53. The zero-order valence-electron chi connectivity index (χ0n) is 11.9. The molecule has 0 aliphatic rings. The third kappa shape index (κ3) is 12.0. The van der Waals surface area contributed by atoms with Gasteiger partial charge in [0, 0.05) is 0 Å². The lowest BCUT2D eigenvalue weighted by Gasteiger charge is -2.07. The van der Waals surface area contributed by atoms with Gasteiger partial charge in [-0.05, 0) is 31.8 Å². The molecule has 0 aromatic heterocycles. The van der Waals surface area contributed by atoms with E-state index in [0.717, 1.165) is 5.92 Å². The van der Waals surface area contributed by atoms with Crippen LogP contribution in [0.15, 0.2) is 0 Å². The first-order valence-electron chi connectivity index (χ1n) is 7.52. The van der Waals surface area contributed by atoms with Crippen molar-refractivity contribution in [2.45, 2.75) is 78.6 Å². The van der Waals surface area contributed by atoms with E-state index in [9.17, 15) is 0 Å². The van der Waals surface area contributed by atoms with E-state index in [2.05, 4.69) is 26.1 Å². The lowest BCUT2D eigenvalue weighted by molar-refractivity contribution is 0.471. The van der Waals surface area contributed by atoms with E-state index in [1.165, 1.54) is 70.9 Å². The average molecular weight is 227 g/mol. The smallest absolute Gasteiger partial charge is 0.00489 e. The van der Waals surface area contributed by atoms with Gasteiger partial charge in [0.25, 0.3) is 0 Å². The highest BCUT2D eigenvalue weighted by molar-refractivity contribution is 4.53. The lowest BCUT2D eigenvalue weighted by atomic mass is 10.0. The Morgan fingerprint density at radius 2 is 1.44 bits per heavy atom. The highest BCUT2D eigenvalue weighted by Crippen LogP contribution is 2.12. The molecule has 1 N–H and O–H groups in total. The van der Waals surface area contributed by atoms with Gasteiger partial charge in [-0.25, -0.2) is 0 Å². The van der Waals surface area contributed by atoms with Gasteiger partial charge in [-0.15, -0.1) is 0 Å². The summed E-state index contributed by atoms with van der Waals surface area (Å²) in [6.45, 7) is 9.38. The zero-order valence-corrected chi connectivity index (χ0v) is 11.9. The molecule has 0 spiro atoms. The summed E-state index contributed by atoms with van der Waals surface area (Å²) in [6.07, 6.45) is 12.5. The van der Waals surface area contributed by atoms with Crippen molar-refractivity contribution in [2.24, 2.45) is 5.92 Å². The minimum absolute atomic E-state index is 0.937. The maximum Gasteiger partial charge on any atom is -0.00489 e. The maximum atomic E-state index is 3.53. The summed E-state index contributed by atoms with van der Waals surface area (Å²) in [6, 6.07) is 0. The van der Waals surface area contributed by atoms with Gasteiger partial charge in [-0.1, -0.05) is 65.7 Å². The van der Waals surface area contributed by atoms with Gasteiger partial charge in [-0.2, -0.15) is 0 Å². The number of nitrogens with one attached hydrogen (secondary N) is 1. The number of rotatable bonds is 12. The van der Waals surface area contributed by atoms with Gasteiger partial charge in [0.05, 0.1) is 0 Å². The van der Waals surface area contributed by atoms with Crippen molar-refractivity contribution in [3.63, 3.8) is 0 Å². The summed E-state index contributed by atoms with van der Waals surface area (Å²) >= 11 is 0. The van der Waals surface area contributed by atoms with Crippen molar-refractivity contribution in [2.75, 3.05) is 13.1 Å². The van der Waals surface area contributed by atoms with Gasteiger partial charge in [0.1, 0.15) is 0 Å². The molecule has 0 aromatic rings. The van der Waals surface area contributed by atoms with Gasteiger partial charge >= 0.3 is 0 Å². The fourth-order valence-corrected chi connectivity index (χ4v) is 1.93. The van der Waals surface area contributed by atoms with E-state index >= 15 is 0 Å². The summed E-state index contributed by atoms with van der Waals surface area (Å²) in [5, 5.41) is 3.53. The molecule has 0 radical (unpaired) electrons. The van der Waals surface area contributed by atoms with Gasteiger partial charge in [0.2, 0.25) is 0 Å². The minimum atomic E-state index is 0.937. The second-order valence-corrected chi connectivity index (χ2v) is 5.17. The molecule has 0 amide bonds. The van der Waals surface area contributed by atoms with Crippen LogP contribution >= 0.6 is 0 Å². The number of hydrogen-bond acceptors (Lipinski definition) is 1. The molecule has 0 aliphatic carbocycles. The fraction of sp³-hybridized carbons (Fsp3) is 1.00. The van der Waals surface area contributed by atoms with Crippen molar-refractivity contribution >= 4 is 0 Å². The van der Waals surface area contributed by atoms with E-state index in [0.29, 0.717) is 0 Å². The lowest BCUT2D eigenvalue weighted by Crippen LogP contribution is -2.16. The van der Waals surface area contributed by atoms with E-state index in [1.807, 2.05) is 0 Å². The van der Waals surface area contributed by atoms with E-state index in [4.69, 9.17) is 0 Å². The Bertz CT molecular complexity index is 123. The molecule has 16 heavy (non-hydrogen) atoms. The normalized spacial score (nSPS) is 12.9. The Labute approximate surface area is 103 Å². The summed E-state index contributed by atoms with van der Waals surface area (Å²) in [4.78, 5) is 0. The van der Waals surface area contributed by atoms with Crippen LogP contribution in [0.1, 0.15) is 78.6 Å². The molecule has 0 heterocycles. The average Bonchev–Trinajstić information content (AvgIpc) is 2.31. The predicted molar refractivity (Wildman–Crippen MR) is 74.9 cm³/mol. The first-order chi connectivity index (χ1) is 7.81. The molecule has 1 nitrogen and oxygen atoms in total. The molecular weight excluding hydrogens is 194 g/mol. The molecule has 98 valence electrons. The second-order valence-electron chi connectivity index (χ2n) is 5.17. The monoisotopic (exact) mass is 227 g/mol. The Balaban J connectivity index is 2.93. The Morgan fingerprint density at radius 3 is 2.06 bits per heavy atom. The summed E-state index contributed by atoms with van der Waals surface area (Å²) < 4.78 is 0. The third-order valence-corrected chi connectivity index (χ3v) is 3.45. The Morgan fingerprint density at radius 1 is 0.812 bits per heavy atom. The highest BCUT2D eigenvalue weighted by atomic mass is 14.8. The van der Waals surface area contributed by atoms with Crippen LogP contribution in [0.4, 0.5) is 0 Å². The molecule has 0 fully saturated rings. The van der Waals surface area contributed by atoms with E-state index in [-0.39, 0.29) is 0 Å². The van der Waals surface area contributed by atoms with E-state index < -0.39 is 0 Å². The fourth-order valence-electron chi connectivity index (χ4n) is 1.93. The van der Waals surface area contributed by atoms with Crippen molar-refractivity contribution in [3.05, 3.63) is 0 Å². The molecule has 0 aliphatic heterocycles. The molecule has 1 heteroatoms. The van der Waals surface area contributed by atoms with Gasteiger partial charge in [0.15, 0.2) is 0 Å². The number of hydrogen-bond donors (Lipinski definition) is 1. The third-order valence-electron chi connectivity index (χ3n) is 3.45.